The van der Waals surface area contributed by atoms with Crippen LogP contribution in [0, 0.1) is 5.92 Å². The smallest absolute Gasteiger partial charge is 0.240 e. The van der Waals surface area contributed by atoms with Gasteiger partial charge in [-0.05, 0) is 42.9 Å². The first-order valence-corrected chi connectivity index (χ1v) is 12.2. The number of benzene rings is 1. The lowest BCUT2D eigenvalue weighted by Gasteiger charge is -2.34. The third kappa shape index (κ3) is 5.70. The molecule has 2 saturated heterocycles. The zero-order valence-electron chi connectivity index (χ0n) is 20.2. The minimum atomic E-state index is -1.16. The number of aromatic nitrogens is 1. The van der Waals surface area contributed by atoms with Crippen LogP contribution in [0.15, 0.2) is 54.9 Å². The van der Waals surface area contributed by atoms with Gasteiger partial charge in [0, 0.05) is 52.4 Å². The number of ether oxygens (including phenoxy) is 2. The molecule has 1 aromatic heterocycles. The second-order valence-electron chi connectivity index (χ2n) is 9.32. The van der Waals surface area contributed by atoms with Crippen molar-refractivity contribution in [2.24, 2.45) is 5.92 Å². The topological polar surface area (TPSA) is 89.0 Å². The number of imide groups is 1. The molecule has 186 valence electrons. The molecule has 8 heteroatoms. The molecule has 2 fully saturated rings. The van der Waals surface area contributed by atoms with Crippen molar-refractivity contribution < 1.29 is 23.9 Å². The van der Waals surface area contributed by atoms with Gasteiger partial charge in [-0.15, -0.1) is 0 Å². The third-order valence-electron chi connectivity index (χ3n) is 6.99. The Morgan fingerprint density at radius 3 is 2.57 bits per heavy atom. The number of hydrogen-bond donors (Lipinski definition) is 0. The highest BCUT2D eigenvalue weighted by atomic mass is 16.5. The van der Waals surface area contributed by atoms with Crippen molar-refractivity contribution in [2.75, 3.05) is 40.0 Å². The van der Waals surface area contributed by atoms with Crippen LogP contribution >= 0.6 is 0 Å². The number of methoxy groups -OCH3 is 1. The molecule has 2 aliphatic heterocycles. The first kappa shape index (κ1) is 24.9. The molecule has 0 aliphatic carbocycles. The standard InChI is InChI=1S/C27H33N3O5/c1-34-20-21-10-14-29(15-11-21)24(31)17-27(22-7-3-2-4-8-22)18-25(32)30(26(27)33)13-6-16-35-23-9-5-12-28-19-23/h2-5,7-9,12,19,21H,6,10-11,13-18,20H2,1H3/t27-/m0/s1. The zero-order chi connectivity index (χ0) is 24.7. The molecule has 2 aliphatic rings. The number of amides is 3. The van der Waals surface area contributed by atoms with E-state index in [1.807, 2.05) is 41.3 Å². The summed E-state index contributed by atoms with van der Waals surface area (Å²) in [5.74, 6) is 0.480. The van der Waals surface area contributed by atoms with Gasteiger partial charge in [-0.2, -0.15) is 0 Å². The van der Waals surface area contributed by atoms with Crippen molar-refractivity contribution in [2.45, 2.75) is 37.5 Å². The molecule has 0 unspecified atom stereocenters. The normalized spacial score (nSPS) is 20.9. The van der Waals surface area contributed by atoms with Gasteiger partial charge in [0.05, 0.1) is 18.2 Å². The minimum Gasteiger partial charge on any atom is -0.492 e. The molecular formula is C27H33N3O5. The summed E-state index contributed by atoms with van der Waals surface area (Å²) < 4.78 is 10.9. The molecular weight excluding hydrogens is 446 g/mol. The average molecular weight is 480 g/mol. The number of hydrogen-bond acceptors (Lipinski definition) is 6. The maximum Gasteiger partial charge on any atom is 0.240 e. The van der Waals surface area contributed by atoms with Crippen LogP contribution in [0.5, 0.6) is 5.75 Å². The van der Waals surface area contributed by atoms with Crippen molar-refractivity contribution in [3.63, 3.8) is 0 Å². The minimum absolute atomic E-state index is 0.000778. The number of likely N-dealkylation sites (tertiary alicyclic amines) is 2. The number of pyridine rings is 1. The lowest BCUT2D eigenvalue weighted by molar-refractivity contribution is -0.143. The van der Waals surface area contributed by atoms with Gasteiger partial charge in [0.25, 0.3) is 0 Å². The van der Waals surface area contributed by atoms with Crippen molar-refractivity contribution >= 4 is 17.7 Å². The highest BCUT2D eigenvalue weighted by molar-refractivity contribution is 6.10. The summed E-state index contributed by atoms with van der Waals surface area (Å²) in [6.07, 6.45) is 5.56. The Kier molecular flexibility index (Phi) is 8.13. The van der Waals surface area contributed by atoms with Crippen LogP contribution in [0.2, 0.25) is 0 Å². The molecule has 3 amide bonds. The van der Waals surface area contributed by atoms with E-state index in [2.05, 4.69) is 4.98 Å². The van der Waals surface area contributed by atoms with Gasteiger partial charge in [-0.3, -0.25) is 24.3 Å². The van der Waals surface area contributed by atoms with Gasteiger partial charge in [0.2, 0.25) is 17.7 Å². The van der Waals surface area contributed by atoms with E-state index in [0.29, 0.717) is 44.4 Å². The van der Waals surface area contributed by atoms with E-state index >= 15 is 0 Å². The van der Waals surface area contributed by atoms with Gasteiger partial charge in [0.15, 0.2) is 0 Å². The molecule has 2 aromatic rings. The number of carbonyl (C=O) groups excluding carboxylic acids is 3. The number of piperidine rings is 1. The first-order chi connectivity index (χ1) is 17.0. The van der Waals surface area contributed by atoms with Crippen LogP contribution in [0.3, 0.4) is 0 Å². The second-order valence-corrected chi connectivity index (χ2v) is 9.32. The van der Waals surface area contributed by atoms with Gasteiger partial charge in [-0.25, -0.2) is 0 Å². The SMILES string of the molecule is COCC1CCN(C(=O)C[C@@]2(c3ccccc3)CC(=O)N(CCCOc3cccnc3)C2=O)CC1. The average Bonchev–Trinajstić information content (AvgIpc) is 3.13. The monoisotopic (exact) mass is 479 g/mol. The van der Waals surface area contributed by atoms with Crippen molar-refractivity contribution in [3.8, 4) is 5.75 Å². The maximum atomic E-state index is 13.7. The Morgan fingerprint density at radius 2 is 1.89 bits per heavy atom. The van der Waals surface area contributed by atoms with E-state index in [0.717, 1.165) is 18.4 Å². The number of nitrogens with zero attached hydrogens (tertiary/aromatic N) is 3. The molecule has 0 N–H and O–H groups in total. The Bertz CT molecular complexity index is 1010. The predicted octanol–water partition coefficient (Wildman–Crippen LogP) is 2.82. The fourth-order valence-corrected chi connectivity index (χ4v) is 5.05. The molecule has 8 nitrogen and oxygen atoms in total. The Balaban J connectivity index is 1.44. The van der Waals surface area contributed by atoms with Crippen LogP contribution in [0.4, 0.5) is 0 Å². The largest absolute Gasteiger partial charge is 0.492 e. The molecule has 0 bridgehead atoms. The fourth-order valence-electron chi connectivity index (χ4n) is 5.05. The molecule has 0 spiro atoms. The van der Waals surface area contributed by atoms with Crippen molar-refractivity contribution in [1.29, 1.82) is 0 Å². The van der Waals surface area contributed by atoms with Crippen molar-refractivity contribution in [3.05, 3.63) is 60.4 Å². The predicted molar refractivity (Wildman–Crippen MR) is 130 cm³/mol. The highest BCUT2D eigenvalue weighted by Crippen LogP contribution is 2.40. The summed E-state index contributed by atoms with van der Waals surface area (Å²) in [7, 11) is 1.70. The molecule has 4 rings (SSSR count). The van der Waals surface area contributed by atoms with Crippen LogP contribution < -0.4 is 4.74 Å². The first-order valence-electron chi connectivity index (χ1n) is 12.2. The summed E-state index contributed by atoms with van der Waals surface area (Å²) in [6.45, 7) is 2.60. The summed E-state index contributed by atoms with van der Waals surface area (Å²) >= 11 is 0. The Morgan fingerprint density at radius 1 is 1.11 bits per heavy atom. The van der Waals surface area contributed by atoms with Gasteiger partial charge in [0.1, 0.15) is 5.75 Å². The summed E-state index contributed by atoms with van der Waals surface area (Å²) in [6, 6.07) is 12.8. The molecule has 3 heterocycles. The maximum absolute atomic E-state index is 13.7. The Labute approximate surface area is 206 Å². The van der Waals surface area contributed by atoms with E-state index in [9.17, 15) is 14.4 Å². The van der Waals surface area contributed by atoms with Gasteiger partial charge in [-0.1, -0.05) is 30.3 Å². The van der Waals surface area contributed by atoms with Crippen LogP contribution in [-0.4, -0.2) is 72.5 Å². The molecule has 1 atom stereocenters. The highest BCUT2D eigenvalue weighted by Gasteiger charge is 2.53. The van der Waals surface area contributed by atoms with Gasteiger partial charge >= 0.3 is 0 Å². The van der Waals surface area contributed by atoms with Crippen LogP contribution in [0.1, 0.15) is 37.7 Å². The second kappa shape index (κ2) is 11.4. The number of rotatable bonds is 10. The molecule has 1 aromatic carbocycles. The zero-order valence-corrected chi connectivity index (χ0v) is 20.2. The molecule has 0 saturated carbocycles. The van der Waals surface area contributed by atoms with E-state index in [1.165, 1.54) is 4.90 Å². The number of carbonyl (C=O) groups is 3. The quantitative estimate of drug-likeness (QED) is 0.385. The van der Waals surface area contributed by atoms with Gasteiger partial charge < -0.3 is 14.4 Å². The van der Waals surface area contributed by atoms with Crippen molar-refractivity contribution in [1.82, 2.24) is 14.8 Å². The summed E-state index contributed by atoms with van der Waals surface area (Å²) in [5.41, 5.74) is -0.446. The third-order valence-corrected chi connectivity index (χ3v) is 6.99. The fraction of sp³-hybridized carbons (Fsp3) is 0.481. The molecule has 35 heavy (non-hydrogen) atoms. The van der Waals surface area contributed by atoms with Crippen LogP contribution in [0.25, 0.3) is 0 Å². The van der Waals surface area contributed by atoms with E-state index < -0.39 is 5.41 Å². The van der Waals surface area contributed by atoms with E-state index in [4.69, 9.17) is 9.47 Å². The van der Waals surface area contributed by atoms with E-state index in [1.54, 1.807) is 25.6 Å². The lowest BCUT2D eigenvalue weighted by Crippen LogP contribution is -2.46. The van der Waals surface area contributed by atoms with Crippen LogP contribution in [-0.2, 0) is 24.5 Å². The summed E-state index contributed by atoms with van der Waals surface area (Å²) in [4.78, 5) is 47.3. The molecule has 0 radical (unpaired) electrons. The Hall–Kier alpha value is -3.26. The van der Waals surface area contributed by atoms with E-state index in [-0.39, 0.29) is 37.1 Å². The lowest BCUT2D eigenvalue weighted by atomic mass is 9.75. The summed E-state index contributed by atoms with van der Waals surface area (Å²) in [5, 5.41) is 0.